The fourth-order valence-corrected chi connectivity index (χ4v) is 1.64. The first-order valence-electron chi connectivity index (χ1n) is 5.42. The van der Waals surface area contributed by atoms with E-state index < -0.39 is 0 Å². The molecule has 0 saturated heterocycles. The van der Waals surface area contributed by atoms with Crippen molar-refractivity contribution in [2.24, 2.45) is 5.41 Å². The van der Waals surface area contributed by atoms with Gasteiger partial charge in [0.1, 0.15) is 0 Å². The fraction of sp³-hybridized carbons (Fsp3) is 1.00. The molecule has 1 unspecified atom stereocenters. The van der Waals surface area contributed by atoms with E-state index in [9.17, 15) is 5.11 Å². The van der Waals surface area contributed by atoms with E-state index in [2.05, 4.69) is 27.7 Å². The van der Waals surface area contributed by atoms with Crippen LogP contribution in [0, 0.1) is 5.41 Å². The second-order valence-electron chi connectivity index (χ2n) is 5.68. The van der Waals surface area contributed by atoms with Crippen LogP contribution < -0.4 is 0 Å². The standard InChI is InChI=1S/C12H26O2/c1-10(13)9-11(2,3)7-8-12(4,5)14-6/h10,13H,7-9H2,1-6H3. The lowest BCUT2D eigenvalue weighted by Gasteiger charge is -2.31. The van der Waals surface area contributed by atoms with Crippen LogP contribution in [0.5, 0.6) is 0 Å². The van der Waals surface area contributed by atoms with Gasteiger partial charge in [-0.2, -0.15) is 0 Å². The lowest BCUT2D eigenvalue weighted by Crippen LogP contribution is -2.27. The summed E-state index contributed by atoms with van der Waals surface area (Å²) >= 11 is 0. The zero-order valence-corrected chi connectivity index (χ0v) is 10.6. The van der Waals surface area contributed by atoms with Gasteiger partial charge >= 0.3 is 0 Å². The molecular formula is C12H26O2. The second-order valence-corrected chi connectivity index (χ2v) is 5.68. The molecule has 0 spiro atoms. The topological polar surface area (TPSA) is 29.5 Å². The van der Waals surface area contributed by atoms with Gasteiger partial charge in [-0.25, -0.2) is 0 Å². The third kappa shape index (κ3) is 6.39. The van der Waals surface area contributed by atoms with E-state index in [-0.39, 0.29) is 17.1 Å². The number of hydrogen-bond donors (Lipinski definition) is 1. The average molecular weight is 202 g/mol. The van der Waals surface area contributed by atoms with Crippen LogP contribution >= 0.6 is 0 Å². The summed E-state index contributed by atoms with van der Waals surface area (Å²) in [5, 5.41) is 9.34. The third-order valence-electron chi connectivity index (χ3n) is 2.80. The lowest BCUT2D eigenvalue weighted by molar-refractivity contribution is 0.00189. The van der Waals surface area contributed by atoms with Crippen molar-refractivity contribution in [3.8, 4) is 0 Å². The molecule has 0 aromatic carbocycles. The molecule has 0 radical (unpaired) electrons. The molecule has 0 aliphatic carbocycles. The van der Waals surface area contributed by atoms with Crippen LogP contribution in [0.2, 0.25) is 0 Å². The van der Waals surface area contributed by atoms with Crippen LogP contribution in [0.3, 0.4) is 0 Å². The molecule has 0 saturated carbocycles. The second kappa shape index (κ2) is 5.13. The van der Waals surface area contributed by atoms with Crippen molar-refractivity contribution < 1.29 is 9.84 Å². The molecule has 0 aromatic rings. The van der Waals surface area contributed by atoms with Crippen molar-refractivity contribution in [1.82, 2.24) is 0 Å². The molecule has 0 fully saturated rings. The highest BCUT2D eigenvalue weighted by Crippen LogP contribution is 2.31. The van der Waals surface area contributed by atoms with Gasteiger partial charge in [-0.05, 0) is 45.4 Å². The zero-order valence-electron chi connectivity index (χ0n) is 10.6. The molecule has 2 heteroatoms. The maximum atomic E-state index is 9.34. The Morgan fingerprint density at radius 2 is 1.64 bits per heavy atom. The van der Waals surface area contributed by atoms with Gasteiger partial charge in [-0.3, -0.25) is 0 Å². The van der Waals surface area contributed by atoms with E-state index in [1.807, 2.05) is 6.92 Å². The van der Waals surface area contributed by atoms with E-state index in [1.165, 1.54) is 0 Å². The van der Waals surface area contributed by atoms with Gasteiger partial charge in [0.15, 0.2) is 0 Å². The van der Waals surface area contributed by atoms with Gasteiger partial charge in [-0.1, -0.05) is 13.8 Å². The Balaban J connectivity index is 3.98. The Morgan fingerprint density at radius 3 is 2.00 bits per heavy atom. The van der Waals surface area contributed by atoms with Gasteiger partial charge in [0.05, 0.1) is 11.7 Å². The molecule has 14 heavy (non-hydrogen) atoms. The molecule has 0 heterocycles. The molecule has 2 nitrogen and oxygen atoms in total. The molecular weight excluding hydrogens is 176 g/mol. The highest BCUT2D eigenvalue weighted by atomic mass is 16.5. The Hall–Kier alpha value is -0.0800. The van der Waals surface area contributed by atoms with Crippen LogP contribution in [-0.2, 0) is 4.74 Å². The molecule has 1 atom stereocenters. The van der Waals surface area contributed by atoms with Gasteiger partial charge in [0, 0.05) is 7.11 Å². The minimum absolute atomic E-state index is 0.0457. The van der Waals surface area contributed by atoms with Crippen molar-refractivity contribution in [3.05, 3.63) is 0 Å². The van der Waals surface area contributed by atoms with Gasteiger partial charge in [-0.15, -0.1) is 0 Å². The molecule has 86 valence electrons. The SMILES string of the molecule is COC(C)(C)CCC(C)(C)CC(C)O. The number of aliphatic hydroxyl groups is 1. The Morgan fingerprint density at radius 1 is 1.14 bits per heavy atom. The number of methoxy groups -OCH3 is 1. The van der Waals surface area contributed by atoms with E-state index in [4.69, 9.17) is 4.74 Å². The highest BCUT2D eigenvalue weighted by Gasteiger charge is 2.25. The van der Waals surface area contributed by atoms with Crippen LogP contribution in [0.4, 0.5) is 0 Å². The quantitative estimate of drug-likeness (QED) is 0.717. The van der Waals surface area contributed by atoms with Gasteiger partial charge in [0.2, 0.25) is 0 Å². The van der Waals surface area contributed by atoms with Gasteiger partial charge in [0.25, 0.3) is 0 Å². The molecule has 0 rings (SSSR count). The minimum Gasteiger partial charge on any atom is -0.393 e. The summed E-state index contributed by atoms with van der Waals surface area (Å²) in [6.45, 7) is 10.5. The van der Waals surface area contributed by atoms with E-state index in [0.717, 1.165) is 19.3 Å². The normalized spacial score (nSPS) is 15.6. The Bertz CT molecular complexity index is 160. The van der Waals surface area contributed by atoms with Crippen LogP contribution in [0.1, 0.15) is 53.9 Å². The average Bonchev–Trinajstić information content (AvgIpc) is 1.99. The van der Waals surface area contributed by atoms with Crippen molar-refractivity contribution in [2.75, 3.05) is 7.11 Å². The minimum atomic E-state index is -0.212. The number of aliphatic hydroxyl groups excluding tert-OH is 1. The largest absolute Gasteiger partial charge is 0.393 e. The molecule has 0 aromatic heterocycles. The van der Waals surface area contributed by atoms with Crippen LogP contribution in [-0.4, -0.2) is 23.9 Å². The Labute approximate surface area is 88.7 Å². The van der Waals surface area contributed by atoms with E-state index >= 15 is 0 Å². The summed E-state index contributed by atoms with van der Waals surface area (Å²) in [5.74, 6) is 0. The summed E-state index contributed by atoms with van der Waals surface area (Å²) < 4.78 is 5.38. The predicted octanol–water partition coefficient (Wildman–Crippen LogP) is 2.99. The monoisotopic (exact) mass is 202 g/mol. The predicted molar refractivity (Wildman–Crippen MR) is 60.4 cm³/mol. The summed E-state index contributed by atoms with van der Waals surface area (Å²) in [4.78, 5) is 0. The number of hydrogen-bond acceptors (Lipinski definition) is 2. The lowest BCUT2D eigenvalue weighted by atomic mass is 9.80. The van der Waals surface area contributed by atoms with Crippen molar-refractivity contribution in [2.45, 2.75) is 65.6 Å². The first-order valence-corrected chi connectivity index (χ1v) is 5.42. The summed E-state index contributed by atoms with van der Waals surface area (Å²) in [5.41, 5.74) is 0.153. The maximum Gasteiger partial charge on any atom is 0.0623 e. The van der Waals surface area contributed by atoms with E-state index in [1.54, 1.807) is 7.11 Å². The first kappa shape index (κ1) is 13.9. The number of rotatable bonds is 6. The molecule has 0 aliphatic heterocycles. The van der Waals surface area contributed by atoms with Crippen molar-refractivity contribution in [3.63, 3.8) is 0 Å². The molecule has 0 aliphatic rings. The number of ether oxygens (including phenoxy) is 1. The van der Waals surface area contributed by atoms with Crippen LogP contribution in [0.25, 0.3) is 0 Å². The fourth-order valence-electron chi connectivity index (χ4n) is 1.64. The van der Waals surface area contributed by atoms with Crippen LogP contribution in [0.15, 0.2) is 0 Å². The molecule has 0 amide bonds. The third-order valence-corrected chi connectivity index (χ3v) is 2.80. The van der Waals surface area contributed by atoms with Crippen molar-refractivity contribution >= 4 is 0 Å². The molecule has 1 N–H and O–H groups in total. The smallest absolute Gasteiger partial charge is 0.0623 e. The highest BCUT2D eigenvalue weighted by molar-refractivity contribution is 4.77. The maximum absolute atomic E-state index is 9.34. The first-order chi connectivity index (χ1) is 6.18. The Kier molecular flexibility index (Phi) is 5.10. The molecule has 0 bridgehead atoms. The van der Waals surface area contributed by atoms with Gasteiger partial charge < -0.3 is 9.84 Å². The summed E-state index contributed by atoms with van der Waals surface area (Å²) in [7, 11) is 1.75. The van der Waals surface area contributed by atoms with Crippen molar-refractivity contribution in [1.29, 1.82) is 0 Å². The summed E-state index contributed by atoms with van der Waals surface area (Å²) in [6.07, 6.45) is 2.75. The zero-order chi connectivity index (χ0) is 11.4. The van der Waals surface area contributed by atoms with E-state index in [0.29, 0.717) is 0 Å². The summed E-state index contributed by atoms with van der Waals surface area (Å²) in [6, 6.07) is 0.